The summed E-state index contributed by atoms with van der Waals surface area (Å²) in [7, 11) is 0. The first kappa shape index (κ1) is 20.1. The monoisotopic (exact) mass is 448 g/mol. The lowest BCUT2D eigenvalue weighted by Gasteiger charge is -2.56. The molecule has 4 fully saturated rings. The third kappa shape index (κ3) is 3.56. The van der Waals surface area contributed by atoms with Gasteiger partial charge in [0.05, 0.1) is 17.6 Å². The zero-order chi connectivity index (χ0) is 21.7. The number of nitrogens with one attached hydrogen (secondary N) is 1. The molecule has 4 bridgehead atoms. The van der Waals surface area contributed by atoms with Gasteiger partial charge in [-0.05, 0) is 81.4 Å². The number of hydrogen-bond donors (Lipinski definition) is 1. The van der Waals surface area contributed by atoms with Crippen LogP contribution in [0.5, 0.6) is 0 Å². The highest BCUT2D eigenvalue weighted by atomic mass is 32.2. The topological polar surface area (TPSA) is 72.9 Å². The Kier molecular flexibility index (Phi) is 4.90. The highest BCUT2D eigenvalue weighted by molar-refractivity contribution is 7.99. The minimum Gasteiger partial charge on any atom is -0.469 e. The lowest BCUT2D eigenvalue weighted by Crippen LogP contribution is -2.60. The molecule has 2 heterocycles. The number of carbonyl (C=O) groups is 1. The van der Waals surface area contributed by atoms with Crippen LogP contribution in [0.3, 0.4) is 0 Å². The number of para-hydroxylation sites is 1. The Morgan fingerprint density at radius 2 is 1.78 bits per heavy atom. The highest BCUT2D eigenvalue weighted by Gasteiger charge is 2.51. The number of aromatic nitrogens is 3. The molecular weight excluding hydrogens is 420 g/mol. The summed E-state index contributed by atoms with van der Waals surface area (Å²) in [6.45, 7) is 1.92. The highest BCUT2D eigenvalue weighted by Crippen LogP contribution is 2.55. The van der Waals surface area contributed by atoms with Crippen molar-refractivity contribution in [1.29, 1.82) is 0 Å². The van der Waals surface area contributed by atoms with Gasteiger partial charge in [0.1, 0.15) is 5.76 Å². The van der Waals surface area contributed by atoms with E-state index in [4.69, 9.17) is 4.42 Å². The average molecular weight is 449 g/mol. The molecular formula is C25H28N4O2S. The lowest BCUT2D eigenvalue weighted by atomic mass is 9.53. The molecule has 4 aliphatic carbocycles. The second-order valence-corrected chi connectivity index (χ2v) is 10.8. The molecule has 1 aromatic carbocycles. The number of rotatable bonds is 6. The quantitative estimate of drug-likeness (QED) is 0.537. The molecule has 0 atom stereocenters. The van der Waals surface area contributed by atoms with Gasteiger partial charge in [-0.1, -0.05) is 30.0 Å². The SMILES string of the molecule is Cc1occc1-c1nnc(SCC(=O)NC23CC4CC(CC(C4)C2)C3)n1-c1ccccc1. The zero-order valence-corrected chi connectivity index (χ0v) is 19.1. The van der Waals surface area contributed by atoms with E-state index < -0.39 is 0 Å². The van der Waals surface area contributed by atoms with Gasteiger partial charge in [-0.15, -0.1) is 10.2 Å². The minimum atomic E-state index is 0.0402. The van der Waals surface area contributed by atoms with Gasteiger partial charge in [-0.25, -0.2) is 0 Å². The summed E-state index contributed by atoms with van der Waals surface area (Å²) in [4.78, 5) is 13.0. The molecule has 7 heteroatoms. The van der Waals surface area contributed by atoms with Crippen LogP contribution in [0.25, 0.3) is 17.1 Å². The maximum Gasteiger partial charge on any atom is 0.230 e. The molecule has 32 heavy (non-hydrogen) atoms. The van der Waals surface area contributed by atoms with Gasteiger partial charge in [0.2, 0.25) is 5.91 Å². The summed E-state index contributed by atoms with van der Waals surface area (Å²) in [5, 5.41) is 13.1. The maximum atomic E-state index is 13.0. The molecule has 0 unspecified atom stereocenters. The summed E-state index contributed by atoms with van der Waals surface area (Å²) in [5.74, 6) is 4.43. The molecule has 0 radical (unpaired) electrons. The van der Waals surface area contributed by atoms with Crippen molar-refractivity contribution < 1.29 is 9.21 Å². The van der Waals surface area contributed by atoms with Crippen molar-refractivity contribution in [1.82, 2.24) is 20.1 Å². The van der Waals surface area contributed by atoms with Gasteiger partial charge in [0.25, 0.3) is 0 Å². The summed E-state index contributed by atoms with van der Waals surface area (Å²) in [6.07, 6.45) is 9.29. The molecule has 1 N–H and O–H groups in total. The second-order valence-electron chi connectivity index (χ2n) is 9.90. The normalized spacial score (nSPS) is 28.2. The molecule has 0 saturated heterocycles. The van der Waals surface area contributed by atoms with Crippen molar-refractivity contribution in [2.24, 2.45) is 17.8 Å². The predicted octanol–water partition coefficient (Wildman–Crippen LogP) is 5.01. The van der Waals surface area contributed by atoms with Crippen LogP contribution in [0.15, 0.2) is 52.2 Å². The number of carbonyl (C=O) groups excluding carboxylic acids is 1. The fourth-order valence-electron chi connectivity index (χ4n) is 6.69. The van der Waals surface area contributed by atoms with Crippen LogP contribution in [-0.2, 0) is 4.79 Å². The number of thioether (sulfide) groups is 1. The third-order valence-electron chi connectivity index (χ3n) is 7.52. The van der Waals surface area contributed by atoms with Gasteiger partial charge in [-0.3, -0.25) is 9.36 Å². The van der Waals surface area contributed by atoms with E-state index in [9.17, 15) is 4.79 Å². The van der Waals surface area contributed by atoms with Crippen molar-refractivity contribution in [3.05, 3.63) is 48.4 Å². The van der Waals surface area contributed by atoms with Crippen LogP contribution in [0.4, 0.5) is 0 Å². The van der Waals surface area contributed by atoms with Crippen molar-refractivity contribution in [2.45, 2.75) is 56.1 Å². The molecule has 7 rings (SSSR count). The van der Waals surface area contributed by atoms with E-state index in [1.54, 1.807) is 6.26 Å². The molecule has 2 aromatic heterocycles. The van der Waals surface area contributed by atoms with Crippen molar-refractivity contribution >= 4 is 17.7 Å². The largest absolute Gasteiger partial charge is 0.469 e. The van der Waals surface area contributed by atoms with E-state index in [2.05, 4.69) is 15.5 Å². The van der Waals surface area contributed by atoms with E-state index >= 15 is 0 Å². The molecule has 1 amide bonds. The molecule has 4 aliphatic rings. The van der Waals surface area contributed by atoms with E-state index in [0.717, 1.165) is 40.6 Å². The smallest absolute Gasteiger partial charge is 0.230 e. The van der Waals surface area contributed by atoms with Gasteiger partial charge in [-0.2, -0.15) is 0 Å². The van der Waals surface area contributed by atoms with Crippen LogP contribution in [0, 0.1) is 24.7 Å². The number of hydrogen-bond acceptors (Lipinski definition) is 5. The van der Waals surface area contributed by atoms with Crippen LogP contribution < -0.4 is 5.32 Å². The van der Waals surface area contributed by atoms with Crippen LogP contribution in [-0.4, -0.2) is 32.0 Å². The number of amides is 1. The second kappa shape index (κ2) is 7.80. The number of nitrogens with zero attached hydrogens (tertiary/aromatic N) is 3. The fraction of sp³-hybridized carbons (Fsp3) is 0.480. The minimum absolute atomic E-state index is 0.0402. The predicted molar refractivity (Wildman–Crippen MR) is 124 cm³/mol. The number of furan rings is 1. The first-order valence-corrected chi connectivity index (χ1v) is 12.6. The Hall–Kier alpha value is -2.54. The van der Waals surface area contributed by atoms with Gasteiger partial charge < -0.3 is 9.73 Å². The Morgan fingerprint density at radius 3 is 2.41 bits per heavy atom. The van der Waals surface area contributed by atoms with Crippen LogP contribution >= 0.6 is 11.8 Å². The Bertz CT molecular complexity index is 1100. The summed E-state index contributed by atoms with van der Waals surface area (Å²) in [5.41, 5.74) is 1.92. The molecule has 0 aliphatic heterocycles. The molecule has 4 saturated carbocycles. The average Bonchev–Trinajstić information content (AvgIpc) is 3.37. The Labute approximate surface area is 192 Å². The van der Waals surface area contributed by atoms with Gasteiger partial charge in [0, 0.05) is 11.2 Å². The number of aryl methyl sites for hydroxylation is 1. The van der Waals surface area contributed by atoms with E-state index in [1.165, 1.54) is 50.3 Å². The van der Waals surface area contributed by atoms with E-state index in [0.29, 0.717) is 10.9 Å². The van der Waals surface area contributed by atoms with Crippen LogP contribution in [0.2, 0.25) is 0 Å². The molecule has 3 aromatic rings. The standard InChI is InChI=1S/C25H28N4O2S/c1-16-21(7-8-31-16)23-27-28-24(29(23)20-5-3-2-4-6-20)32-15-22(30)26-25-12-17-9-18(13-25)11-19(10-17)14-25/h2-8,17-19H,9-15H2,1H3,(H,26,30). The van der Waals surface area contributed by atoms with E-state index in [-0.39, 0.29) is 11.4 Å². The Balaban J connectivity index is 1.22. The van der Waals surface area contributed by atoms with Crippen molar-refractivity contribution in [3.8, 4) is 17.1 Å². The van der Waals surface area contributed by atoms with E-state index in [1.807, 2.05) is 47.9 Å². The lowest BCUT2D eigenvalue weighted by molar-refractivity contribution is -0.124. The molecule has 166 valence electrons. The van der Waals surface area contributed by atoms with Gasteiger partial charge in [0.15, 0.2) is 11.0 Å². The first-order chi connectivity index (χ1) is 15.6. The summed E-state index contributed by atoms with van der Waals surface area (Å²) >= 11 is 1.45. The third-order valence-corrected chi connectivity index (χ3v) is 8.45. The molecule has 0 spiro atoms. The summed E-state index contributed by atoms with van der Waals surface area (Å²) in [6, 6.07) is 11.9. The van der Waals surface area contributed by atoms with Crippen molar-refractivity contribution in [3.63, 3.8) is 0 Å². The fourth-order valence-corrected chi connectivity index (χ4v) is 7.44. The Morgan fingerprint density at radius 1 is 1.09 bits per heavy atom. The zero-order valence-electron chi connectivity index (χ0n) is 18.3. The molecule has 6 nitrogen and oxygen atoms in total. The van der Waals surface area contributed by atoms with Crippen LogP contribution in [0.1, 0.15) is 44.3 Å². The summed E-state index contributed by atoms with van der Waals surface area (Å²) < 4.78 is 7.51. The number of benzene rings is 1. The first-order valence-electron chi connectivity index (χ1n) is 11.6. The van der Waals surface area contributed by atoms with Crippen molar-refractivity contribution in [2.75, 3.05) is 5.75 Å². The maximum absolute atomic E-state index is 13.0. The van der Waals surface area contributed by atoms with Gasteiger partial charge >= 0.3 is 0 Å².